The Labute approximate surface area is 715 Å². The summed E-state index contributed by atoms with van der Waals surface area (Å²) in [5, 5.41) is 21.2. The Bertz CT molecular complexity index is 6220. The number of hydrogen-bond acceptors (Lipinski definition) is 13. The Kier molecular flexibility index (Phi) is 25.2. The van der Waals surface area contributed by atoms with Gasteiger partial charge >= 0.3 is 0 Å². The predicted molar refractivity (Wildman–Crippen MR) is 490 cm³/mol. The number of fused-ring (bicyclic) bond motifs is 4. The van der Waals surface area contributed by atoms with Crippen LogP contribution in [0.1, 0.15) is 144 Å². The van der Waals surface area contributed by atoms with Gasteiger partial charge in [-0.05, 0) is 325 Å². The van der Waals surface area contributed by atoms with E-state index in [9.17, 15) is 10.2 Å². The van der Waals surface area contributed by atoms with Crippen LogP contribution in [0, 0.1) is 13.8 Å². The van der Waals surface area contributed by atoms with Crippen LogP contribution in [0.5, 0.6) is 40.2 Å². The third kappa shape index (κ3) is 19.3. The third-order valence-electron chi connectivity index (χ3n) is 22.0. The molecule has 17 heteroatoms. The lowest BCUT2D eigenvalue weighted by molar-refractivity contribution is -0.0391. The Morgan fingerprint density at radius 1 is 0.287 bits per heavy atom. The Balaban J connectivity index is 0.000000126. The summed E-state index contributed by atoms with van der Waals surface area (Å²) in [4.78, 5) is 18.4. The maximum Gasteiger partial charge on any atom is 0.140 e. The second-order valence-electron chi connectivity index (χ2n) is 33.5. The minimum Gasteiger partial charge on any atom is -0.496 e. The maximum atomic E-state index is 10.6. The van der Waals surface area contributed by atoms with E-state index in [4.69, 9.17) is 33.2 Å². The lowest BCUT2D eigenvalue weighted by Gasteiger charge is -2.37. The van der Waals surface area contributed by atoms with Crippen molar-refractivity contribution < 1.29 is 43.4 Å². The highest BCUT2D eigenvalue weighted by Gasteiger charge is 2.37. The first kappa shape index (κ1) is 84.1. The van der Waals surface area contributed by atoms with Crippen molar-refractivity contribution in [2.45, 2.75) is 183 Å². The molecule has 0 aliphatic heterocycles. The van der Waals surface area contributed by atoms with E-state index in [-0.39, 0.29) is 36.6 Å². The van der Waals surface area contributed by atoms with Crippen molar-refractivity contribution in [1.82, 2.24) is 37.5 Å². The van der Waals surface area contributed by atoms with E-state index in [0.29, 0.717) is 0 Å². The van der Waals surface area contributed by atoms with Crippen LogP contribution in [-0.2, 0) is 11.2 Å². The van der Waals surface area contributed by atoms with Gasteiger partial charge in [0.1, 0.15) is 62.8 Å². The molecule has 2 saturated carbocycles. The fraction of sp³-hybridized carbons (Fsp3) is 0.276. The number of benzene rings is 8. The smallest absolute Gasteiger partial charge is 0.140 e. The van der Waals surface area contributed by atoms with Gasteiger partial charge in [-0.2, -0.15) is 0 Å². The summed E-state index contributed by atoms with van der Waals surface area (Å²) in [5.41, 5.74) is 24.2. The average molecular weight is 1630 g/mol. The van der Waals surface area contributed by atoms with Crippen molar-refractivity contribution >= 4 is 22.6 Å². The Hall–Kier alpha value is -13.0. The largest absolute Gasteiger partial charge is 0.496 e. The lowest BCUT2D eigenvalue weighted by atomic mass is 9.75. The molecule has 16 aromatic rings. The molecule has 17 nitrogen and oxygen atoms in total. The molecule has 0 spiro atoms. The molecule has 0 saturated heterocycles. The number of rotatable bonds is 23. The monoisotopic (exact) mass is 1630 g/mol. The molecule has 18 rings (SSSR count). The standard InChI is InChI=1S/C27H26N2O2.C26H28N2O3.2C26H28N2O2/c30-26(13-1-14-26)22-8-3-19(4-9-22)21-7-12-25-28-17-24(29(25)18-21)20-5-10-23(11-6-20)27(31)15-2-16-27;1-17(2)30-21-10-6-19(7-11-21)23-16-28-24(15-27-26(28)14-25(23)29-5)20-8-12-22(13-9-20)31-18(3)4;1-17(2)29-23-10-6-20(7-11-23)22-14-19(5)26-27-15-25(28(26)16-22)21-8-12-24(13-9-21)30-18(3)4;1-17(2)29-22-10-6-20(7-11-22)24-16-28-25(15-27-26(28)14-19(24)5)21-8-12-23(13-9-21)30-18(3)4/h3-12,17-18,30-31H,1-2,13-16H2;6-18H,1-5H3;2*6-18H,1-5H3. The van der Waals surface area contributed by atoms with E-state index in [1.807, 2.05) is 205 Å². The van der Waals surface area contributed by atoms with Crippen molar-refractivity contribution in [3.8, 4) is 130 Å². The minimum atomic E-state index is -0.635. The molecule has 8 aromatic carbocycles. The van der Waals surface area contributed by atoms with Gasteiger partial charge in [0.2, 0.25) is 0 Å². The van der Waals surface area contributed by atoms with Crippen LogP contribution < -0.4 is 33.2 Å². The predicted octanol–water partition coefficient (Wildman–Crippen LogP) is 24.8. The first-order valence-corrected chi connectivity index (χ1v) is 42.6. The van der Waals surface area contributed by atoms with E-state index in [2.05, 4.69) is 204 Å². The molecule has 2 fully saturated rings. The van der Waals surface area contributed by atoms with E-state index >= 15 is 0 Å². The number of hydrogen-bond donors (Lipinski definition) is 2. The fourth-order valence-corrected chi connectivity index (χ4v) is 15.7. The highest BCUT2D eigenvalue weighted by molar-refractivity contribution is 5.78. The minimum absolute atomic E-state index is 0.141. The molecular formula is C105H110N8O9. The zero-order valence-corrected chi connectivity index (χ0v) is 72.5. The van der Waals surface area contributed by atoms with Crippen molar-refractivity contribution in [2.75, 3.05) is 7.11 Å². The summed E-state index contributed by atoms with van der Waals surface area (Å²) in [5.74, 6) is 6.02. The van der Waals surface area contributed by atoms with Crippen LogP contribution >= 0.6 is 0 Å². The molecular weight excluding hydrogens is 1520 g/mol. The lowest BCUT2D eigenvalue weighted by Crippen LogP contribution is -2.33. The first-order valence-electron chi connectivity index (χ1n) is 42.6. The normalized spacial score (nSPS) is 13.3. The number of aromatic nitrogens is 8. The fourth-order valence-electron chi connectivity index (χ4n) is 15.7. The molecule has 8 aromatic heterocycles. The average Bonchev–Trinajstić information content (AvgIpc) is 1.65. The van der Waals surface area contributed by atoms with Crippen LogP contribution in [0.25, 0.3) is 112 Å². The molecule has 2 aliphatic carbocycles. The van der Waals surface area contributed by atoms with Gasteiger partial charge in [-0.15, -0.1) is 0 Å². The molecule has 0 radical (unpaired) electrons. The summed E-state index contributed by atoms with van der Waals surface area (Å²) in [6.45, 7) is 28.6. The summed E-state index contributed by atoms with van der Waals surface area (Å²) in [6.07, 6.45) is 22.7. The van der Waals surface area contributed by atoms with Gasteiger partial charge < -0.3 is 43.4 Å². The van der Waals surface area contributed by atoms with E-state index in [1.54, 1.807) is 7.11 Å². The molecule has 0 bridgehead atoms. The zero-order chi connectivity index (χ0) is 85.5. The zero-order valence-electron chi connectivity index (χ0n) is 72.5. The highest BCUT2D eigenvalue weighted by Crippen LogP contribution is 2.44. The van der Waals surface area contributed by atoms with Crippen molar-refractivity contribution in [3.05, 3.63) is 296 Å². The second kappa shape index (κ2) is 36.5. The second-order valence-corrected chi connectivity index (χ2v) is 33.5. The number of methoxy groups -OCH3 is 1. The van der Waals surface area contributed by atoms with E-state index < -0.39 is 11.2 Å². The van der Waals surface area contributed by atoms with Crippen molar-refractivity contribution in [2.24, 2.45) is 0 Å². The summed E-state index contributed by atoms with van der Waals surface area (Å²) in [7, 11) is 1.68. The van der Waals surface area contributed by atoms with Gasteiger partial charge in [0.05, 0.1) is 102 Å². The van der Waals surface area contributed by atoms with Gasteiger partial charge in [-0.1, -0.05) is 84.9 Å². The van der Waals surface area contributed by atoms with Crippen LogP contribution in [0.15, 0.2) is 274 Å². The van der Waals surface area contributed by atoms with Gasteiger partial charge in [-0.25, -0.2) is 19.9 Å². The quantitative estimate of drug-likeness (QED) is 0.0620. The van der Waals surface area contributed by atoms with Crippen molar-refractivity contribution in [1.29, 1.82) is 0 Å². The van der Waals surface area contributed by atoms with Crippen LogP contribution in [0.2, 0.25) is 0 Å². The summed E-state index contributed by atoms with van der Waals surface area (Å²) in [6, 6.07) is 76.1. The van der Waals surface area contributed by atoms with Crippen LogP contribution in [0.4, 0.5) is 0 Å². The molecule has 0 atom stereocenters. The van der Waals surface area contributed by atoms with Gasteiger partial charge in [0.15, 0.2) is 0 Å². The Morgan fingerprint density at radius 3 is 0.959 bits per heavy atom. The van der Waals surface area contributed by atoms with E-state index in [1.165, 1.54) is 11.1 Å². The van der Waals surface area contributed by atoms with Crippen LogP contribution in [-0.4, -0.2) is 91.5 Å². The molecule has 8 heterocycles. The SMILES string of the molecule is COc1cc2ncc(-c3ccc(OC(C)C)cc3)n2cc1-c1ccc(OC(C)C)cc1.Cc1cc(-c2ccc(OC(C)C)cc2)cn2c(-c3ccc(OC(C)C)cc3)cnc12.Cc1cc2ncc(-c3ccc(OC(C)C)cc3)n2cc1-c1ccc(OC(C)C)cc1.OC1(c2ccc(-c3ccc4ncc(-c5ccc(C6(O)CCC6)cc5)n4c3)cc2)CCC1. The highest BCUT2D eigenvalue weighted by atomic mass is 16.5. The molecule has 624 valence electrons. The van der Waals surface area contributed by atoms with Gasteiger partial charge in [0, 0.05) is 64.2 Å². The number of pyridine rings is 4. The van der Waals surface area contributed by atoms with Crippen LogP contribution in [0.3, 0.4) is 0 Å². The number of aliphatic hydroxyl groups is 2. The van der Waals surface area contributed by atoms with E-state index in [0.717, 1.165) is 202 Å². The number of aryl methyl sites for hydroxylation is 2. The first-order chi connectivity index (χ1) is 58.8. The number of imidazole rings is 4. The number of ether oxygens (including phenoxy) is 7. The van der Waals surface area contributed by atoms with Crippen molar-refractivity contribution in [3.63, 3.8) is 0 Å². The molecule has 0 unspecified atom stereocenters. The molecule has 0 amide bonds. The maximum absolute atomic E-state index is 10.6. The van der Waals surface area contributed by atoms with Gasteiger partial charge in [-0.3, -0.25) is 17.6 Å². The number of nitrogens with zero attached hydrogens (tertiary/aromatic N) is 8. The summed E-state index contributed by atoms with van der Waals surface area (Å²) >= 11 is 0. The molecule has 122 heavy (non-hydrogen) atoms. The van der Waals surface area contributed by atoms with Gasteiger partial charge in [0.25, 0.3) is 0 Å². The third-order valence-corrected chi connectivity index (χ3v) is 22.0. The topological polar surface area (TPSA) is 174 Å². The molecule has 2 N–H and O–H groups in total. The Morgan fingerprint density at radius 2 is 0.582 bits per heavy atom. The molecule has 2 aliphatic rings. The summed E-state index contributed by atoms with van der Waals surface area (Å²) < 4.78 is 48.8.